The van der Waals surface area contributed by atoms with E-state index in [0.29, 0.717) is 6.04 Å². The van der Waals surface area contributed by atoms with E-state index >= 15 is 0 Å². The van der Waals surface area contributed by atoms with E-state index in [4.69, 9.17) is 5.26 Å². The molecule has 1 aliphatic heterocycles. The second-order valence-electron chi connectivity index (χ2n) is 5.34. The normalized spacial score (nSPS) is 18.6. The summed E-state index contributed by atoms with van der Waals surface area (Å²) in [6, 6.07) is 11.2. The first-order valence-corrected chi connectivity index (χ1v) is 7.10. The number of pyridine rings is 1. The van der Waals surface area contributed by atoms with Crippen molar-refractivity contribution in [3.63, 3.8) is 0 Å². The third kappa shape index (κ3) is 2.93. The van der Waals surface area contributed by atoms with Gasteiger partial charge in [-0.3, -0.25) is 9.88 Å². The van der Waals surface area contributed by atoms with Crippen LogP contribution in [0.2, 0.25) is 0 Å². The molecular weight excluding hydrogens is 265 g/mol. The van der Waals surface area contributed by atoms with Crippen LogP contribution in [0.4, 0.5) is 4.39 Å². The maximum atomic E-state index is 13.4. The highest BCUT2D eigenvalue weighted by Gasteiger charge is 2.25. The fourth-order valence-corrected chi connectivity index (χ4v) is 2.97. The van der Waals surface area contributed by atoms with Gasteiger partial charge in [0, 0.05) is 25.0 Å². The Labute approximate surface area is 123 Å². The van der Waals surface area contributed by atoms with Crippen LogP contribution in [0.1, 0.15) is 35.6 Å². The number of aromatic nitrogens is 1. The van der Waals surface area contributed by atoms with Gasteiger partial charge in [0.05, 0.1) is 5.56 Å². The van der Waals surface area contributed by atoms with Crippen molar-refractivity contribution in [1.29, 1.82) is 5.26 Å². The lowest BCUT2D eigenvalue weighted by Crippen LogP contribution is -2.22. The van der Waals surface area contributed by atoms with E-state index in [1.54, 1.807) is 12.1 Å². The Morgan fingerprint density at radius 3 is 2.86 bits per heavy atom. The number of nitrogens with zero attached hydrogens (tertiary/aromatic N) is 3. The Balaban J connectivity index is 1.79. The summed E-state index contributed by atoms with van der Waals surface area (Å²) < 4.78 is 13.4. The van der Waals surface area contributed by atoms with Gasteiger partial charge in [0.1, 0.15) is 11.9 Å². The Kier molecular flexibility index (Phi) is 3.94. The van der Waals surface area contributed by atoms with Gasteiger partial charge < -0.3 is 0 Å². The summed E-state index contributed by atoms with van der Waals surface area (Å²) in [6.45, 7) is 1.76. The topological polar surface area (TPSA) is 39.9 Å². The second-order valence-corrected chi connectivity index (χ2v) is 5.34. The van der Waals surface area contributed by atoms with Crippen LogP contribution in [-0.4, -0.2) is 16.4 Å². The maximum absolute atomic E-state index is 13.4. The highest BCUT2D eigenvalue weighted by atomic mass is 19.1. The Morgan fingerprint density at radius 1 is 1.29 bits per heavy atom. The van der Waals surface area contributed by atoms with E-state index in [0.717, 1.165) is 31.5 Å². The molecular formula is C17H16FN3. The number of hydrogen-bond donors (Lipinski definition) is 0. The van der Waals surface area contributed by atoms with Gasteiger partial charge in [-0.1, -0.05) is 6.07 Å². The smallest absolute Gasteiger partial charge is 0.140 e. The van der Waals surface area contributed by atoms with E-state index < -0.39 is 5.82 Å². The first-order chi connectivity index (χ1) is 10.3. The average Bonchev–Trinajstić information content (AvgIpc) is 2.98. The molecule has 2 heterocycles. The average molecular weight is 281 g/mol. The van der Waals surface area contributed by atoms with Gasteiger partial charge in [-0.05, 0) is 54.8 Å². The second kappa shape index (κ2) is 6.02. The van der Waals surface area contributed by atoms with Crippen LogP contribution >= 0.6 is 0 Å². The van der Waals surface area contributed by atoms with Crippen molar-refractivity contribution in [2.24, 2.45) is 0 Å². The summed E-state index contributed by atoms with van der Waals surface area (Å²) in [4.78, 5) is 6.44. The highest BCUT2D eigenvalue weighted by Crippen LogP contribution is 2.32. The number of likely N-dealkylation sites (tertiary alicyclic amines) is 1. The van der Waals surface area contributed by atoms with Crippen molar-refractivity contribution >= 4 is 0 Å². The molecule has 0 spiro atoms. The van der Waals surface area contributed by atoms with Crippen LogP contribution in [-0.2, 0) is 6.54 Å². The maximum Gasteiger partial charge on any atom is 0.140 e. The van der Waals surface area contributed by atoms with Crippen molar-refractivity contribution in [2.45, 2.75) is 25.4 Å². The van der Waals surface area contributed by atoms with Crippen LogP contribution in [0.3, 0.4) is 0 Å². The molecule has 1 aromatic carbocycles. The third-order valence-electron chi connectivity index (χ3n) is 3.99. The molecule has 0 N–H and O–H groups in total. The Bertz CT molecular complexity index is 663. The lowest BCUT2D eigenvalue weighted by molar-refractivity contribution is 0.248. The minimum atomic E-state index is -0.451. The molecule has 0 bridgehead atoms. The van der Waals surface area contributed by atoms with Gasteiger partial charge >= 0.3 is 0 Å². The van der Waals surface area contributed by atoms with E-state index in [9.17, 15) is 4.39 Å². The summed E-state index contributed by atoms with van der Waals surface area (Å²) in [7, 11) is 0. The van der Waals surface area contributed by atoms with Crippen LogP contribution in [0.15, 0.2) is 42.7 Å². The van der Waals surface area contributed by atoms with Crippen molar-refractivity contribution in [1.82, 2.24) is 9.88 Å². The van der Waals surface area contributed by atoms with Crippen molar-refractivity contribution in [3.8, 4) is 6.07 Å². The van der Waals surface area contributed by atoms with Gasteiger partial charge in [-0.25, -0.2) is 4.39 Å². The number of rotatable bonds is 3. The molecule has 3 nitrogen and oxygen atoms in total. The van der Waals surface area contributed by atoms with E-state index in [-0.39, 0.29) is 5.56 Å². The summed E-state index contributed by atoms with van der Waals surface area (Å²) >= 11 is 0. The van der Waals surface area contributed by atoms with Crippen molar-refractivity contribution < 1.29 is 4.39 Å². The molecule has 21 heavy (non-hydrogen) atoms. The molecule has 3 rings (SSSR count). The molecule has 0 unspecified atom stereocenters. The molecule has 0 saturated carbocycles. The summed E-state index contributed by atoms with van der Waals surface area (Å²) in [5.41, 5.74) is 2.37. The monoisotopic (exact) mass is 281 g/mol. The zero-order valence-corrected chi connectivity index (χ0v) is 11.7. The number of hydrogen-bond acceptors (Lipinski definition) is 3. The predicted molar refractivity (Wildman–Crippen MR) is 77.7 cm³/mol. The van der Waals surface area contributed by atoms with Crippen LogP contribution < -0.4 is 0 Å². The molecule has 0 radical (unpaired) electrons. The quantitative estimate of drug-likeness (QED) is 0.865. The molecule has 1 aliphatic rings. The van der Waals surface area contributed by atoms with Gasteiger partial charge in [0.2, 0.25) is 0 Å². The zero-order chi connectivity index (χ0) is 14.7. The lowest BCUT2D eigenvalue weighted by atomic mass is 10.1. The highest BCUT2D eigenvalue weighted by molar-refractivity contribution is 5.34. The first-order valence-electron chi connectivity index (χ1n) is 7.10. The first kappa shape index (κ1) is 13.7. The van der Waals surface area contributed by atoms with Crippen LogP contribution in [0.5, 0.6) is 0 Å². The molecule has 1 atom stereocenters. The predicted octanol–water partition coefficient (Wildman–Crippen LogP) is 3.43. The van der Waals surface area contributed by atoms with Crippen molar-refractivity contribution in [2.75, 3.05) is 6.54 Å². The fraction of sp³-hybridized carbons (Fsp3) is 0.294. The summed E-state index contributed by atoms with van der Waals surface area (Å²) in [5, 5.41) is 8.92. The third-order valence-corrected chi connectivity index (χ3v) is 3.99. The van der Waals surface area contributed by atoms with Gasteiger partial charge in [0.15, 0.2) is 0 Å². The molecule has 0 aliphatic carbocycles. The lowest BCUT2D eigenvalue weighted by Gasteiger charge is -2.24. The summed E-state index contributed by atoms with van der Waals surface area (Å²) in [5.74, 6) is -0.451. The number of halogens is 1. The molecule has 1 fully saturated rings. The van der Waals surface area contributed by atoms with Crippen LogP contribution in [0, 0.1) is 17.1 Å². The van der Waals surface area contributed by atoms with Gasteiger partial charge in [-0.2, -0.15) is 5.26 Å². The molecule has 4 heteroatoms. The fourth-order valence-electron chi connectivity index (χ4n) is 2.97. The van der Waals surface area contributed by atoms with Gasteiger partial charge in [0.25, 0.3) is 0 Å². The Hall–Kier alpha value is -2.25. The minimum absolute atomic E-state index is 0.118. The molecule has 0 amide bonds. The van der Waals surface area contributed by atoms with E-state index in [2.05, 4.69) is 9.88 Å². The molecule has 1 saturated heterocycles. The number of benzene rings is 1. The van der Waals surface area contributed by atoms with Crippen LogP contribution in [0.25, 0.3) is 0 Å². The minimum Gasteiger partial charge on any atom is -0.292 e. The zero-order valence-electron chi connectivity index (χ0n) is 11.7. The Morgan fingerprint density at radius 2 is 2.10 bits per heavy atom. The molecule has 2 aromatic rings. The summed E-state index contributed by atoms with van der Waals surface area (Å²) in [6.07, 6.45) is 5.91. The van der Waals surface area contributed by atoms with Crippen molar-refractivity contribution in [3.05, 3.63) is 65.2 Å². The van der Waals surface area contributed by atoms with Gasteiger partial charge in [-0.15, -0.1) is 0 Å². The molecule has 1 aromatic heterocycles. The standard InChI is InChI=1S/C17H16FN3/c18-16-4-3-13(10-15(16)11-19)12-21-9-1-2-17(21)14-5-7-20-8-6-14/h3-8,10,17H,1-2,9,12H2/t17-/m1/s1. The largest absolute Gasteiger partial charge is 0.292 e. The number of nitriles is 1. The SMILES string of the molecule is N#Cc1cc(CN2CCC[C@@H]2c2ccncc2)ccc1F. The van der Waals surface area contributed by atoms with E-state index in [1.165, 1.54) is 11.6 Å². The van der Waals surface area contributed by atoms with E-state index in [1.807, 2.05) is 30.6 Å². The molecule has 106 valence electrons.